The summed E-state index contributed by atoms with van der Waals surface area (Å²) in [4.78, 5) is 12.1. The van der Waals surface area contributed by atoms with Crippen molar-refractivity contribution in [3.05, 3.63) is 29.5 Å². The van der Waals surface area contributed by atoms with Gasteiger partial charge in [-0.1, -0.05) is 31.8 Å². The van der Waals surface area contributed by atoms with E-state index >= 15 is 0 Å². The Balaban J connectivity index is 2.10. The molecule has 0 N–H and O–H groups in total. The SMILES string of the molecule is Cc1nn(COCC[Si](C)(C)C)c2cc(CC(=O)OC(C)(C)C)ccc12. The minimum atomic E-state index is -1.10. The summed E-state index contributed by atoms with van der Waals surface area (Å²) in [6.07, 6.45) is 0.258. The van der Waals surface area contributed by atoms with E-state index in [1.54, 1.807) is 0 Å². The number of esters is 1. The van der Waals surface area contributed by atoms with Crippen LogP contribution in [0.4, 0.5) is 0 Å². The van der Waals surface area contributed by atoms with Gasteiger partial charge >= 0.3 is 5.97 Å². The lowest BCUT2D eigenvalue weighted by Crippen LogP contribution is -2.24. The largest absolute Gasteiger partial charge is 0.460 e. The molecule has 5 nitrogen and oxygen atoms in total. The second-order valence-electron chi connectivity index (χ2n) is 9.05. The Labute approximate surface area is 157 Å². The molecule has 0 aliphatic rings. The fourth-order valence-electron chi connectivity index (χ4n) is 2.67. The summed E-state index contributed by atoms with van der Waals surface area (Å²) in [6.45, 7) is 15.8. The van der Waals surface area contributed by atoms with Gasteiger partial charge in [0.15, 0.2) is 0 Å². The van der Waals surface area contributed by atoms with Gasteiger partial charge in [-0.3, -0.25) is 4.79 Å². The first-order valence-corrected chi connectivity index (χ1v) is 12.9. The van der Waals surface area contributed by atoms with E-state index < -0.39 is 13.7 Å². The Kier molecular flexibility index (Phi) is 6.29. The first kappa shape index (κ1) is 20.6. The van der Waals surface area contributed by atoms with E-state index in [4.69, 9.17) is 9.47 Å². The quantitative estimate of drug-likeness (QED) is 0.404. The van der Waals surface area contributed by atoms with Crippen LogP contribution in [0, 0.1) is 6.92 Å². The third kappa shape index (κ3) is 6.25. The van der Waals surface area contributed by atoms with Crippen molar-refractivity contribution in [2.24, 2.45) is 0 Å². The highest BCUT2D eigenvalue weighted by atomic mass is 28.3. The first-order valence-electron chi connectivity index (χ1n) is 9.20. The second kappa shape index (κ2) is 7.92. The molecule has 26 heavy (non-hydrogen) atoms. The zero-order valence-electron chi connectivity index (χ0n) is 17.2. The number of hydrogen-bond acceptors (Lipinski definition) is 4. The molecule has 1 aromatic carbocycles. The molecular formula is C20H32N2O3Si. The number of benzene rings is 1. The minimum absolute atomic E-state index is 0.217. The molecular weight excluding hydrogens is 344 g/mol. The van der Waals surface area contributed by atoms with Crippen molar-refractivity contribution < 1.29 is 14.3 Å². The van der Waals surface area contributed by atoms with Crippen molar-refractivity contribution in [1.29, 1.82) is 0 Å². The van der Waals surface area contributed by atoms with Crippen molar-refractivity contribution >= 4 is 24.9 Å². The van der Waals surface area contributed by atoms with E-state index in [0.29, 0.717) is 6.73 Å². The predicted octanol–water partition coefficient (Wildman–Crippen LogP) is 4.54. The van der Waals surface area contributed by atoms with Crippen molar-refractivity contribution in [2.45, 2.75) is 72.1 Å². The Morgan fingerprint density at radius 3 is 2.54 bits per heavy atom. The molecule has 0 fully saturated rings. The molecule has 0 spiro atoms. The summed E-state index contributed by atoms with van der Waals surface area (Å²) in [5.41, 5.74) is 2.42. The third-order valence-electron chi connectivity index (χ3n) is 3.98. The van der Waals surface area contributed by atoms with Gasteiger partial charge < -0.3 is 9.47 Å². The third-order valence-corrected chi connectivity index (χ3v) is 5.68. The van der Waals surface area contributed by atoms with Gasteiger partial charge in [0.05, 0.1) is 17.6 Å². The highest BCUT2D eigenvalue weighted by Gasteiger charge is 2.17. The zero-order chi connectivity index (χ0) is 19.5. The number of hydrogen-bond donors (Lipinski definition) is 0. The van der Waals surface area contributed by atoms with Crippen LogP contribution in [0.25, 0.3) is 10.9 Å². The van der Waals surface area contributed by atoms with Gasteiger partial charge in [0.1, 0.15) is 12.3 Å². The summed E-state index contributed by atoms with van der Waals surface area (Å²) < 4.78 is 13.1. The molecule has 0 saturated heterocycles. The molecule has 0 unspecified atom stereocenters. The van der Waals surface area contributed by atoms with Crippen molar-refractivity contribution in [1.82, 2.24) is 9.78 Å². The number of carbonyl (C=O) groups is 1. The number of nitrogens with zero attached hydrogens (tertiary/aromatic N) is 2. The Morgan fingerprint density at radius 1 is 1.23 bits per heavy atom. The van der Waals surface area contributed by atoms with E-state index in [-0.39, 0.29) is 12.4 Å². The predicted molar refractivity (Wildman–Crippen MR) is 108 cm³/mol. The van der Waals surface area contributed by atoms with E-state index in [2.05, 4.69) is 24.7 Å². The van der Waals surface area contributed by atoms with E-state index in [1.807, 2.05) is 50.6 Å². The first-order chi connectivity index (χ1) is 11.9. The van der Waals surface area contributed by atoms with Gasteiger partial charge in [-0.25, -0.2) is 4.68 Å². The van der Waals surface area contributed by atoms with Gasteiger partial charge in [0.25, 0.3) is 0 Å². The van der Waals surface area contributed by atoms with Crippen LogP contribution in [0.15, 0.2) is 18.2 Å². The lowest BCUT2D eigenvalue weighted by atomic mass is 10.1. The van der Waals surface area contributed by atoms with Gasteiger partial charge in [-0.05, 0) is 45.4 Å². The van der Waals surface area contributed by atoms with Crippen molar-refractivity contribution in [3.63, 3.8) is 0 Å². The average molecular weight is 377 g/mol. The summed E-state index contributed by atoms with van der Waals surface area (Å²) in [7, 11) is -1.10. The summed E-state index contributed by atoms with van der Waals surface area (Å²) in [5.74, 6) is -0.217. The lowest BCUT2D eigenvalue weighted by molar-refractivity contribution is -0.153. The summed E-state index contributed by atoms with van der Waals surface area (Å²) in [6, 6.07) is 7.14. The van der Waals surface area contributed by atoms with E-state index in [0.717, 1.165) is 34.8 Å². The Bertz CT molecular complexity index is 770. The van der Waals surface area contributed by atoms with E-state index in [9.17, 15) is 4.79 Å². The maximum atomic E-state index is 12.1. The highest BCUT2D eigenvalue weighted by Crippen LogP contribution is 2.21. The van der Waals surface area contributed by atoms with Crippen molar-refractivity contribution in [3.8, 4) is 0 Å². The van der Waals surface area contributed by atoms with E-state index in [1.165, 1.54) is 0 Å². The molecule has 0 amide bonds. The van der Waals surface area contributed by atoms with Gasteiger partial charge in [-0.15, -0.1) is 0 Å². The maximum absolute atomic E-state index is 12.1. The fourth-order valence-corrected chi connectivity index (χ4v) is 3.42. The van der Waals surface area contributed by atoms with Crippen LogP contribution in [0.2, 0.25) is 25.7 Å². The molecule has 0 aliphatic heterocycles. The Morgan fingerprint density at radius 2 is 1.92 bits per heavy atom. The molecule has 2 aromatic rings. The number of aryl methyl sites for hydroxylation is 1. The standard InChI is InChI=1S/C20H32N2O3Si/c1-15-17-9-8-16(13-19(23)25-20(2,3)4)12-18(17)22(21-15)14-24-10-11-26(5,6)7/h8-9,12H,10-11,13-14H2,1-7H3. The number of carbonyl (C=O) groups excluding carboxylic acids is 1. The molecule has 0 bridgehead atoms. The fraction of sp³-hybridized carbons (Fsp3) is 0.600. The highest BCUT2D eigenvalue weighted by molar-refractivity contribution is 6.76. The monoisotopic (exact) mass is 376 g/mol. The number of aromatic nitrogens is 2. The molecule has 1 aromatic heterocycles. The van der Waals surface area contributed by atoms with Crippen LogP contribution in [0.1, 0.15) is 32.0 Å². The van der Waals surface area contributed by atoms with Crippen molar-refractivity contribution in [2.75, 3.05) is 6.61 Å². The number of ether oxygens (including phenoxy) is 2. The molecule has 144 valence electrons. The van der Waals surface area contributed by atoms with Crippen LogP contribution >= 0.6 is 0 Å². The average Bonchev–Trinajstić information content (AvgIpc) is 2.77. The smallest absolute Gasteiger partial charge is 0.310 e. The lowest BCUT2D eigenvalue weighted by Gasteiger charge is -2.19. The zero-order valence-corrected chi connectivity index (χ0v) is 18.2. The van der Waals surface area contributed by atoms with Crippen LogP contribution in [-0.4, -0.2) is 36.0 Å². The van der Waals surface area contributed by atoms with Crippen LogP contribution in [0.5, 0.6) is 0 Å². The molecule has 2 rings (SSSR count). The normalized spacial score (nSPS) is 12.6. The minimum Gasteiger partial charge on any atom is -0.460 e. The van der Waals surface area contributed by atoms with Crippen LogP contribution < -0.4 is 0 Å². The summed E-state index contributed by atoms with van der Waals surface area (Å²) in [5, 5.41) is 5.68. The molecule has 0 atom stereocenters. The maximum Gasteiger partial charge on any atom is 0.310 e. The van der Waals surface area contributed by atoms with Gasteiger partial charge in [-0.2, -0.15) is 5.10 Å². The Hall–Kier alpha value is -1.66. The topological polar surface area (TPSA) is 53.4 Å². The van der Waals surface area contributed by atoms with Crippen LogP contribution in [0.3, 0.4) is 0 Å². The number of fused-ring (bicyclic) bond motifs is 1. The second-order valence-corrected chi connectivity index (χ2v) is 14.7. The molecule has 1 heterocycles. The molecule has 0 saturated carbocycles. The molecule has 0 radical (unpaired) electrons. The van der Waals surface area contributed by atoms with Crippen LogP contribution in [-0.2, 0) is 27.4 Å². The van der Waals surface area contributed by atoms with Gasteiger partial charge in [0, 0.05) is 20.1 Å². The molecule has 6 heteroatoms. The molecule has 0 aliphatic carbocycles. The summed E-state index contributed by atoms with van der Waals surface area (Å²) >= 11 is 0. The van der Waals surface area contributed by atoms with Gasteiger partial charge in [0.2, 0.25) is 0 Å². The number of rotatable bonds is 7.